The fourth-order valence-corrected chi connectivity index (χ4v) is 5.17. The van der Waals surface area contributed by atoms with E-state index >= 15 is 0 Å². The van der Waals surface area contributed by atoms with E-state index in [-0.39, 0.29) is 11.9 Å². The molecule has 2 aliphatic heterocycles. The molecule has 8 heteroatoms. The van der Waals surface area contributed by atoms with Gasteiger partial charge in [-0.15, -0.1) is 21.5 Å². The Kier molecular flexibility index (Phi) is 4.95. The lowest BCUT2D eigenvalue weighted by Crippen LogP contribution is -2.33. The fraction of sp³-hybridized carbons (Fsp3) is 0.524. The van der Waals surface area contributed by atoms with Crippen LogP contribution in [0.15, 0.2) is 21.9 Å². The number of aryl methyl sites for hydroxylation is 2. The third-order valence-corrected chi connectivity index (χ3v) is 6.75. The number of hydrogen-bond acceptors (Lipinski definition) is 6. The van der Waals surface area contributed by atoms with Crippen LogP contribution in [0.5, 0.6) is 0 Å². The Morgan fingerprint density at radius 2 is 2.14 bits per heavy atom. The normalized spacial score (nSPS) is 19.3. The van der Waals surface area contributed by atoms with Crippen LogP contribution in [0.4, 0.5) is 0 Å². The van der Waals surface area contributed by atoms with Crippen molar-refractivity contribution in [3.8, 4) is 10.8 Å². The van der Waals surface area contributed by atoms with Crippen LogP contribution in [0, 0.1) is 6.92 Å². The van der Waals surface area contributed by atoms with Crippen LogP contribution in [-0.4, -0.2) is 37.1 Å². The Labute approximate surface area is 173 Å². The van der Waals surface area contributed by atoms with Crippen LogP contribution in [-0.2, 0) is 24.2 Å². The summed E-state index contributed by atoms with van der Waals surface area (Å²) in [7, 11) is 0. The molecule has 3 aromatic rings. The molecule has 2 aliphatic rings. The zero-order chi connectivity index (χ0) is 19.8. The lowest BCUT2D eigenvalue weighted by Gasteiger charge is -2.24. The van der Waals surface area contributed by atoms with Crippen LogP contribution < -0.4 is 0 Å². The number of carbonyl (C=O) groups is 1. The van der Waals surface area contributed by atoms with E-state index in [2.05, 4.69) is 19.7 Å². The summed E-state index contributed by atoms with van der Waals surface area (Å²) in [5, 5.41) is 11.7. The van der Waals surface area contributed by atoms with Gasteiger partial charge in [0.05, 0.1) is 18.2 Å². The first-order chi connectivity index (χ1) is 14.2. The van der Waals surface area contributed by atoms with Crippen LogP contribution in [0.25, 0.3) is 10.8 Å². The van der Waals surface area contributed by atoms with Gasteiger partial charge in [-0.3, -0.25) is 4.79 Å². The summed E-state index contributed by atoms with van der Waals surface area (Å²) in [4.78, 5) is 19.7. The standard InChI is InChI=1S/C21H25N5O2S/c1-14-8-9-17(28-14)21-22-15(13-29-21)12-19(27)25-11-5-6-16(25)20-24-23-18-7-3-2-4-10-26(18)20/h8-9,13,16H,2-7,10-12H2,1H3. The molecule has 0 bridgehead atoms. The van der Waals surface area contributed by atoms with Gasteiger partial charge in [-0.05, 0) is 44.7 Å². The molecule has 0 saturated carbocycles. The maximum Gasteiger partial charge on any atom is 0.229 e. The molecule has 3 aromatic heterocycles. The lowest BCUT2D eigenvalue weighted by molar-refractivity contribution is -0.131. The summed E-state index contributed by atoms with van der Waals surface area (Å²) in [6.07, 6.45) is 6.83. The molecular formula is C21H25N5O2S. The number of nitrogens with zero attached hydrogens (tertiary/aromatic N) is 5. The van der Waals surface area contributed by atoms with Crippen molar-refractivity contribution in [1.29, 1.82) is 0 Å². The topological polar surface area (TPSA) is 77.1 Å². The highest BCUT2D eigenvalue weighted by Crippen LogP contribution is 2.33. The number of fused-ring (bicyclic) bond motifs is 1. The van der Waals surface area contributed by atoms with Gasteiger partial charge in [-0.2, -0.15) is 0 Å². The second-order valence-electron chi connectivity index (χ2n) is 7.91. The molecule has 5 heterocycles. The highest BCUT2D eigenvalue weighted by molar-refractivity contribution is 7.13. The third kappa shape index (κ3) is 3.61. The van der Waals surface area contributed by atoms with Gasteiger partial charge < -0.3 is 13.9 Å². The van der Waals surface area contributed by atoms with E-state index < -0.39 is 0 Å². The van der Waals surface area contributed by atoms with E-state index in [4.69, 9.17) is 4.42 Å². The molecule has 1 amide bonds. The largest absolute Gasteiger partial charge is 0.459 e. The fourth-order valence-electron chi connectivity index (χ4n) is 4.39. The number of rotatable bonds is 4. The Bertz CT molecular complexity index is 1020. The average molecular weight is 412 g/mol. The number of amides is 1. The molecule has 0 aliphatic carbocycles. The predicted octanol–water partition coefficient (Wildman–Crippen LogP) is 3.94. The number of hydrogen-bond donors (Lipinski definition) is 0. The predicted molar refractivity (Wildman–Crippen MR) is 110 cm³/mol. The zero-order valence-electron chi connectivity index (χ0n) is 16.6. The molecule has 1 unspecified atom stereocenters. The van der Waals surface area contributed by atoms with E-state index in [9.17, 15) is 4.79 Å². The van der Waals surface area contributed by atoms with Crippen molar-refractivity contribution >= 4 is 17.2 Å². The van der Waals surface area contributed by atoms with Gasteiger partial charge >= 0.3 is 0 Å². The summed E-state index contributed by atoms with van der Waals surface area (Å²) in [5.41, 5.74) is 0.801. The van der Waals surface area contributed by atoms with Crippen molar-refractivity contribution in [2.45, 2.75) is 64.5 Å². The zero-order valence-corrected chi connectivity index (χ0v) is 17.5. The molecular weight excluding hydrogens is 386 g/mol. The Morgan fingerprint density at radius 1 is 1.21 bits per heavy atom. The van der Waals surface area contributed by atoms with Crippen molar-refractivity contribution in [3.63, 3.8) is 0 Å². The van der Waals surface area contributed by atoms with Gasteiger partial charge in [0, 0.05) is 24.9 Å². The molecule has 0 N–H and O–H groups in total. The van der Waals surface area contributed by atoms with E-state index in [1.807, 2.05) is 29.3 Å². The van der Waals surface area contributed by atoms with Gasteiger partial charge in [-0.25, -0.2) is 4.98 Å². The summed E-state index contributed by atoms with van der Waals surface area (Å²) < 4.78 is 7.92. The monoisotopic (exact) mass is 411 g/mol. The highest BCUT2D eigenvalue weighted by Gasteiger charge is 2.34. The van der Waals surface area contributed by atoms with Crippen molar-refractivity contribution in [2.75, 3.05) is 6.54 Å². The number of likely N-dealkylation sites (tertiary alicyclic amines) is 1. The maximum absolute atomic E-state index is 13.1. The average Bonchev–Trinajstić information content (AvgIpc) is 3.47. The molecule has 0 radical (unpaired) electrons. The SMILES string of the molecule is Cc1ccc(-c2nc(CC(=O)N3CCCC3c3nnc4n3CCCCC4)cs2)o1. The van der Waals surface area contributed by atoms with Crippen LogP contribution in [0.3, 0.4) is 0 Å². The van der Waals surface area contributed by atoms with E-state index in [0.717, 1.165) is 72.6 Å². The Hall–Kier alpha value is -2.48. The van der Waals surface area contributed by atoms with Gasteiger partial charge in [0.25, 0.3) is 0 Å². The first-order valence-electron chi connectivity index (χ1n) is 10.4. The summed E-state index contributed by atoms with van der Waals surface area (Å²) >= 11 is 1.52. The minimum Gasteiger partial charge on any atom is -0.459 e. The van der Waals surface area contributed by atoms with Crippen molar-refractivity contribution in [1.82, 2.24) is 24.6 Å². The highest BCUT2D eigenvalue weighted by atomic mass is 32.1. The van der Waals surface area contributed by atoms with Crippen molar-refractivity contribution in [3.05, 3.63) is 40.6 Å². The third-order valence-electron chi connectivity index (χ3n) is 5.84. The molecule has 5 rings (SSSR count). The van der Waals surface area contributed by atoms with Crippen LogP contribution in [0.2, 0.25) is 0 Å². The molecule has 1 saturated heterocycles. The Morgan fingerprint density at radius 3 is 3.00 bits per heavy atom. The van der Waals surface area contributed by atoms with Gasteiger partial charge in [0.1, 0.15) is 11.6 Å². The second kappa shape index (κ2) is 7.74. The number of carbonyl (C=O) groups excluding carboxylic acids is 1. The molecule has 152 valence electrons. The minimum absolute atomic E-state index is 0.0349. The van der Waals surface area contributed by atoms with Gasteiger partial charge in [0.15, 0.2) is 16.6 Å². The second-order valence-corrected chi connectivity index (χ2v) is 8.77. The molecule has 7 nitrogen and oxygen atoms in total. The van der Waals surface area contributed by atoms with E-state index in [1.54, 1.807) is 0 Å². The molecule has 0 aromatic carbocycles. The number of furan rings is 1. The maximum atomic E-state index is 13.1. The molecule has 0 spiro atoms. The summed E-state index contributed by atoms with van der Waals surface area (Å²) in [6, 6.07) is 3.89. The first kappa shape index (κ1) is 18.5. The van der Waals surface area contributed by atoms with E-state index in [0.29, 0.717) is 6.42 Å². The summed E-state index contributed by atoms with van der Waals surface area (Å²) in [6.45, 7) is 3.66. The number of thiazole rings is 1. The Balaban J connectivity index is 1.32. The quantitative estimate of drug-likeness (QED) is 0.650. The van der Waals surface area contributed by atoms with Crippen molar-refractivity contribution < 1.29 is 9.21 Å². The molecule has 29 heavy (non-hydrogen) atoms. The molecule has 1 atom stereocenters. The van der Waals surface area contributed by atoms with E-state index in [1.165, 1.54) is 24.2 Å². The van der Waals surface area contributed by atoms with Gasteiger partial charge in [-0.1, -0.05) is 6.42 Å². The summed E-state index contributed by atoms with van der Waals surface area (Å²) in [5.74, 6) is 3.79. The van der Waals surface area contributed by atoms with Crippen molar-refractivity contribution in [2.24, 2.45) is 0 Å². The smallest absolute Gasteiger partial charge is 0.229 e. The van der Waals surface area contributed by atoms with Crippen LogP contribution >= 0.6 is 11.3 Å². The first-order valence-corrected chi connectivity index (χ1v) is 11.3. The molecule has 1 fully saturated rings. The lowest BCUT2D eigenvalue weighted by atomic mass is 10.2. The minimum atomic E-state index is 0.0349. The number of aromatic nitrogens is 4. The van der Waals surface area contributed by atoms with Crippen LogP contribution in [0.1, 0.15) is 61.2 Å². The van der Waals surface area contributed by atoms with Gasteiger partial charge in [0.2, 0.25) is 5.91 Å².